The summed E-state index contributed by atoms with van der Waals surface area (Å²) in [5, 5.41) is 6.83. The molecule has 66 valence electrons. The molecule has 1 fully saturated rings. The molecule has 0 aromatic rings. The van der Waals surface area contributed by atoms with Crippen molar-refractivity contribution in [3.63, 3.8) is 0 Å². The first-order valence-electron chi connectivity index (χ1n) is 4.76. The first-order chi connectivity index (χ1) is 5.38. The largest absolute Gasteiger partial charge is 0.317 e. The Labute approximate surface area is 69.8 Å². The van der Waals surface area contributed by atoms with Gasteiger partial charge in [0.25, 0.3) is 0 Å². The van der Waals surface area contributed by atoms with Crippen LogP contribution in [0.3, 0.4) is 0 Å². The quantitative estimate of drug-likeness (QED) is 0.636. The Morgan fingerprint density at radius 3 is 2.91 bits per heavy atom. The van der Waals surface area contributed by atoms with E-state index in [-0.39, 0.29) is 0 Å². The highest BCUT2D eigenvalue weighted by molar-refractivity contribution is 4.79. The van der Waals surface area contributed by atoms with Gasteiger partial charge in [-0.1, -0.05) is 6.92 Å². The van der Waals surface area contributed by atoms with Gasteiger partial charge in [-0.2, -0.15) is 0 Å². The van der Waals surface area contributed by atoms with E-state index in [2.05, 4.69) is 24.6 Å². The molecular weight excluding hydrogens is 136 g/mol. The molecular formula is C9H20N2. The van der Waals surface area contributed by atoms with Gasteiger partial charge in [-0.05, 0) is 45.3 Å². The Morgan fingerprint density at radius 1 is 1.64 bits per heavy atom. The van der Waals surface area contributed by atoms with Gasteiger partial charge < -0.3 is 10.6 Å². The lowest BCUT2D eigenvalue weighted by molar-refractivity contribution is 0.289. The summed E-state index contributed by atoms with van der Waals surface area (Å²) in [6.45, 7) is 4.69. The summed E-state index contributed by atoms with van der Waals surface area (Å²) in [5.74, 6) is 0.860. The summed E-state index contributed by atoms with van der Waals surface area (Å²) in [6.07, 6.45) is 4.00. The zero-order valence-corrected chi connectivity index (χ0v) is 7.69. The van der Waals surface area contributed by atoms with Crippen LogP contribution in [0.25, 0.3) is 0 Å². The molecule has 1 aliphatic rings. The maximum atomic E-state index is 3.44. The molecule has 0 amide bonds. The van der Waals surface area contributed by atoms with Crippen LogP contribution in [0.5, 0.6) is 0 Å². The highest BCUT2D eigenvalue weighted by atomic mass is 14.9. The molecule has 0 aliphatic carbocycles. The Morgan fingerprint density at radius 2 is 2.45 bits per heavy atom. The lowest BCUT2D eigenvalue weighted by Crippen LogP contribution is -2.42. The van der Waals surface area contributed by atoms with Gasteiger partial charge in [0.2, 0.25) is 0 Å². The van der Waals surface area contributed by atoms with E-state index < -0.39 is 0 Å². The third-order valence-corrected chi connectivity index (χ3v) is 2.71. The van der Waals surface area contributed by atoms with E-state index >= 15 is 0 Å². The van der Waals surface area contributed by atoms with Crippen LogP contribution >= 0.6 is 0 Å². The molecule has 1 aliphatic heterocycles. The van der Waals surface area contributed by atoms with Crippen LogP contribution in [-0.2, 0) is 0 Å². The smallest absolute Gasteiger partial charge is 0.0102 e. The summed E-state index contributed by atoms with van der Waals surface area (Å²) in [5.41, 5.74) is 0. The lowest BCUT2D eigenvalue weighted by atomic mass is 9.90. The fourth-order valence-electron chi connectivity index (χ4n) is 2.00. The summed E-state index contributed by atoms with van der Waals surface area (Å²) >= 11 is 0. The first-order valence-corrected chi connectivity index (χ1v) is 4.76. The predicted octanol–water partition coefficient (Wildman–Crippen LogP) is 0.984. The predicted molar refractivity (Wildman–Crippen MR) is 48.7 cm³/mol. The monoisotopic (exact) mass is 156 g/mol. The zero-order chi connectivity index (χ0) is 8.10. The summed E-state index contributed by atoms with van der Waals surface area (Å²) in [6, 6.07) is 0.725. The SMILES string of the molecule is CCC(NC)C1CCCNC1. The molecule has 0 saturated carbocycles. The second-order valence-corrected chi connectivity index (χ2v) is 3.41. The van der Waals surface area contributed by atoms with Gasteiger partial charge in [-0.25, -0.2) is 0 Å². The van der Waals surface area contributed by atoms with Crippen LogP contribution < -0.4 is 10.6 Å². The number of hydrogen-bond acceptors (Lipinski definition) is 2. The number of hydrogen-bond donors (Lipinski definition) is 2. The van der Waals surface area contributed by atoms with Crippen LogP contribution in [0.1, 0.15) is 26.2 Å². The van der Waals surface area contributed by atoms with Crippen molar-refractivity contribution in [1.82, 2.24) is 10.6 Å². The second kappa shape index (κ2) is 4.73. The van der Waals surface area contributed by atoms with E-state index in [1.54, 1.807) is 0 Å². The molecule has 1 rings (SSSR count). The molecule has 0 radical (unpaired) electrons. The van der Waals surface area contributed by atoms with Crippen molar-refractivity contribution in [3.05, 3.63) is 0 Å². The topological polar surface area (TPSA) is 24.1 Å². The normalized spacial score (nSPS) is 28.4. The van der Waals surface area contributed by atoms with Crippen LogP contribution in [0.15, 0.2) is 0 Å². The van der Waals surface area contributed by atoms with Crippen molar-refractivity contribution in [3.8, 4) is 0 Å². The van der Waals surface area contributed by atoms with Gasteiger partial charge in [-0.3, -0.25) is 0 Å². The molecule has 1 saturated heterocycles. The summed E-state index contributed by atoms with van der Waals surface area (Å²) < 4.78 is 0. The molecule has 0 aromatic heterocycles. The third-order valence-electron chi connectivity index (χ3n) is 2.71. The standard InChI is InChI=1S/C9H20N2/c1-3-9(10-2)8-5-4-6-11-7-8/h8-11H,3-7H2,1-2H3. The van der Waals surface area contributed by atoms with Gasteiger partial charge >= 0.3 is 0 Å². The van der Waals surface area contributed by atoms with E-state index in [0.29, 0.717) is 0 Å². The van der Waals surface area contributed by atoms with Crippen LogP contribution in [0, 0.1) is 5.92 Å². The van der Waals surface area contributed by atoms with Crippen molar-refractivity contribution in [2.75, 3.05) is 20.1 Å². The van der Waals surface area contributed by atoms with Crippen LogP contribution in [0.4, 0.5) is 0 Å². The minimum atomic E-state index is 0.725. The fraction of sp³-hybridized carbons (Fsp3) is 1.00. The first kappa shape index (κ1) is 9.01. The third kappa shape index (κ3) is 2.46. The molecule has 0 bridgehead atoms. The van der Waals surface area contributed by atoms with Crippen molar-refractivity contribution in [1.29, 1.82) is 0 Å². The van der Waals surface area contributed by atoms with Crippen molar-refractivity contribution >= 4 is 0 Å². The number of nitrogens with one attached hydrogen (secondary N) is 2. The van der Waals surface area contributed by atoms with E-state index in [1.807, 2.05) is 0 Å². The van der Waals surface area contributed by atoms with E-state index in [4.69, 9.17) is 0 Å². The molecule has 2 N–H and O–H groups in total. The van der Waals surface area contributed by atoms with Gasteiger partial charge in [-0.15, -0.1) is 0 Å². The average Bonchev–Trinajstić information content (AvgIpc) is 2.09. The Bertz CT molecular complexity index is 93.7. The van der Waals surface area contributed by atoms with E-state index in [0.717, 1.165) is 12.0 Å². The van der Waals surface area contributed by atoms with Crippen LogP contribution in [0.2, 0.25) is 0 Å². The molecule has 11 heavy (non-hydrogen) atoms. The fourth-order valence-corrected chi connectivity index (χ4v) is 2.00. The molecule has 0 aromatic carbocycles. The molecule has 2 unspecified atom stereocenters. The minimum Gasteiger partial charge on any atom is -0.317 e. The van der Waals surface area contributed by atoms with Gasteiger partial charge in [0.05, 0.1) is 0 Å². The Balaban J connectivity index is 2.30. The molecule has 2 nitrogen and oxygen atoms in total. The van der Waals surface area contributed by atoms with Crippen molar-refractivity contribution in [2.24, 2.45) is 5.92 Å². The van der Waals surface area contributed by atoms with E-state index in [1.165, 1.54) is 32.4 Å². The second-order valence-electron chi connectivity index (χ2n) is 3.41. The molecule has 2 heteroatoms. The van der Waals surface area contributed by atoms with Gasteiger partial charge in [0.1, 0.15) is 0 Å². The molecule has 2 atom stereocenters. The highest BCUT2D eigenvalue weighted by Gasteiger charge is 2.19. The Hall–Kier alpha value is -0.0800. The average molecular weight is 156 g/mol. The van der Waals surface area contributed by atoms with Gasteiger partial charge in [0.15, 0.2) is 0 Å². The van der Waals surface area contributed by atoms with E-state index in [9.17, 15) is 0 Å². The number of piperidine rings is 1. The summed E-state index contributed by atoms with van der Waals surface area (Å²) in [4.78, 5) is 0. The van der Waals surface area contributed by atoms with Gasteiger partial charge in [0, 0.05) is 6.04 Å². The van der Waals surface area contributed by atoms with Crippen LogP contribution in [-0.4, -0.2) is 26.2 Å². The number of rotatable bonds is 3. The van der Waals surface area contributed by atoms with Crippen molar-refractivity contribution < 1.29 is 0 Å². The highest BCUT2D eigenvalue weighted by Crippen LogP contribution is 2.15. The zero-order valence-electron chi connectivity index (χ0n) is 7.69. The maximum Gasteiger partial charge on any atom is 0.0102 e. The lowest BCUT2D eigenvalue weighted by Gasteiger charge is -2.29. The molecule has 1 heterocycles. The van der Waals surface area contributed by atoms with Crippen molar-refractivity contribution in [2.45, 2.75) is 32.2 Å². The minimum absolute atomic E-state index is 0.725. The Kier molecular flexibility index (Phi) is 3.87. The maximum absolute atomic E-state index is 3.44. The molecule has 0 spiro atoms. The summed E-state index contributed by atoms with van der Waals surface area (Å²) in [7, 11) is 2.07.